The third-order valence-corrected chi connectivity index (χ3v) is 5.17. The van der Waals surface area contributed by atoms with Crippen molar-refractivity contribution < 1.29 is 0 Å². The van der Waals surface area contributed by atoms with Gasteiger partial charge in [-0.1, -0.05) is 22.9 Å². The first-order chi connectivity index (χ1) is 8.42. The van der Waals surface area contributed by atoms with Gasteiger partial charge < -0.3 is 4.90 Å². The number of halogens is 2. The van der Waals surface area contributed by atoms with Gasteiger partial charge in [-0.25, -0.2) is 0 Å². The summed E-state index contributed by atoms with van der Waals surface area (Å²) in [6.45, 7) is 4.34. The molecule has 1 aliphatic carbocycles. The lowest BCUT2D eigenvalue weighted by Crippen LogP contribution is -2.27. The van der Waals surface area contributed by atoms with Crippen LogP contribution >= 0.6 is 31.9 Å². The van der Waals surface area contributed by atoms with Gasteiger partial charge in [-0.15, -0.1) is 0 Å². The maximum atomic E-state index is 4.53. The highest BCUT2D eigenvalue weighted by molar-refractivity contribution is 9.10. The van der Waals surface area contributed by atoms with Gasteiger partial charge in [0.1, 0.15) is 0 Å². The largest absolute Gasteiger partial charge is 0.308 e. The summed E-state index contributed by atoms with van der Waals surface area (Å²) in [5, 5.41) is 4.53. The Morgan fingerprint density at radius 1 is 1.56 bits per heavy atom. The molecule has 1 fully saturated rings. The molecule has 0 radical (unpaired) electrons. The molecule has 2 rings (SSSR count). The van der Waals surface area contributed by atoms with Crippen LogP contribution in [0.5, 0.6) is 0 Å². The van der Waals surface area contributed by atoms with E-state index in [1.54, 1.807) is 0 Å². The molecule has 0 N–H and O–H groups in total. The molecule has 1 aliphatic rings. The van der Waals surface area contributed by atoms with E-state index in [2.05, 4.69) is 67.6 Å². The Hall–Kier alpha value is 0.130. The SMILES string of the molecule is CN(C)CCn1ncc(Br)c1C1(C)CCC(Br)C1. The van der Waals surface area contributed by atoms with Crippen LogP contribution in [0.3, 0.4) is 0 Å². The van der Waals surface area contributed by atoms with E-state index >= 15 is 0 Å². The van der Waals surface area contributed by atoms with Crippen molar-refractivity contribution in [2.24, 2.45) is 0 Å². The highest BCUT2D eigenvalue weighted by Crippen LogP contribution is 2.45. The normalized spacial score (nSPS) is 28.2. The smallest absolute Gasteiger partial charge is 0.0635 e. The second-order valence-corrected chi connectivity index (χ2v) is 7.92. The molecule has 102 valence electrons. The van der Waals surface area contributed by atoms with Crippen molar-refractivity contribution in [3.63, 3.8) is 0 Å². The molecular formula is C13H21Br2N3. The van der Waals surface area contributed by atoms with Crippen molar-refractivity contribution in [3.05, 3.63) is 16.4 Å². The van der Waals surface area contributed by atoms with Crippen LogP contribution in [0.2, 0.25) is 0 Å². The summed E-state index contributed by atoms with van der Waals surface area (Å²) in [4.78, 5) is 2.84. The molecule has 0 saturated heterocycles. The van der Waals surface area contributed by atoms with Crippen molar-refractivity contribution in [2.45, 2.75) is 43.0 Å². The summed E-state index contributed by atoms with van der Waals surface area (Å²) in [5.74, 6) is 0. The molecule has 0 amide bonds. The molecule has 1 aromatic heterocycles. The first-order valence-corrected chi connectivity index (χ1v) is 8.14. The molecule has 0 aliphatic heterocycles. The molecule has 1 heterocycles. The minimum Gasteiger partial charge on any atom is -0.308 e. The fraction of sp³-hybridized carbons (Fsp3) is 0.769. The summed E-state index contributed by atoms with van der Waals surface area (Å²) in [7, 11) is 4.20. The summed E-state index contributed by atoms with van der Waals surface area (Å²) in [6, 6.07) is 0. The van der Waals surface area contributed by atoms with Crippen molar-refractivity contribution in [1.29, 1.82) is 0 Å². The predicted octanol–water partition coefficient (Wildman–Crippen LogP) is 3.41. The Labute approximate surface area is 126 Å². The summed E-state index contributed by atoms with van der Waals surface area (Å²) in [6.07, 6.45) is 5.62. The molecule has 1 saturated carbocycles. The summed E-state index contributed by atoms with van der Waals surface area (Å²) in [5.41, 5.74) is 1.61. The average molecular weight is 379 g/mol. The van der Waals surface area contributed by atoms with Gasteiger partial charge >= 0.3 is 0 Å². The fourth-order valence-corrected chi connectivity index (χ4v) is 4.53. The van der Waals surface area contributed by atoms with Crippen LogP contribution in [0.4, 0.5) is 0 Å². The molecule has 2 atom stereocenters. The molecule has 3 nitrogen and oxygen atoms in total. The molecular weight excluding hydrogens is 358 g/mol. The van der Waals surface area contributed by atoms with Gasteiger partial charge in [0.25, 0.3) is 0 Å². The van der Waals surface area contributed by atoms with Crippen LogP contribution in [0.25, 0.3) is 0 Å². The number of nitrogens with zero attached hydrogens (tertiary/aromatic N) is 3. The zero-order valence-corrected chi connectivity index (χ0v) is 14.5. The second-order valence-electron chi connectivity index (χ2n) is 5.77. The zero-order chi connectivity index (χ0) is 13.3. The number of alkyl halides is 1. The molecule has 0 aromatic carbocycles. The maximum absolute atomic E-state index is 4.53. The van der Waals surface area contributed by atoms with Gasteiger partial charge in [0.05, 0.1) is 22.9 Å². The van der Waals surface area contributed by atoms with E-state index in [9.17, 15) is 0 Å². The van der Waals surface area contributed by atoms with Gasteiger partial charge in [0, 0.05) is 16.8 Å². The van der Waals surface area contributed by atoms with Gasteiger partial charge in [0.15, 0.2) is 0 Å². The number of hydrogen-bond donors (Lipinski definition) is 0. The van der Waals surface area contributed by atoms with E-state index in [4.69, 9.17) is 0 Å². The minimum absolute atomic E-state index is 0.246. The lowest BCUT2D eigenvalue weighted by Gasteiger charge is -2.26. The number of rotatable bonds is 4. The van der Waals surface area contributed by atoms with Crippen LogP contribution < -0.4 is 0 Å². The van der Waals surface area contributed by atoms with Crippen LogP contribution in [0.1, 0.15) is 31.9 Å². The van der Waals surface area contributed by atoms with E-state index in [-0.39, 0.29) is 5.41 Å². The van der Waals surface area contributed by atoms with Crippen LogP contribution in [-0.2, 0) is 12.0 Å². The molecule has 0 bridgehead atoms. The number of hydrogen-bond acceptors (Lipinski definition) is 2. The Morgan fingerprint density at radius 3 is 2.83 bits per heavy atom. The van der Waals surface area contributed by atoms with E-state index < -0.39 is 0 Å². The van der Waals surface area contributed by atoms with Crippen molar-refractivity contribution in [1.82, 2.24) is 14.7 Å². The number of aromatic nitrogens is 2. The molecule has 5 heteroatoms. The van der Waals surface area contributed by atoms with E-state index in [1.165, 1.54) is 25.0 Å². The van der Waals surface area contributed by atoms with Crippen molar-refractivity contribution in [2.75, 3.05) is 20.6 Å². The quantitative estimate of drug-likeness (QED) is 0.748. The van der Waals surface area contributed by atoms with Crippen LogP contribution in [0.15, 0.2) is 10.7 Å². The standard InChI is InChI=1S/C13H21Br2N3/c1-13(5-4-10(14)8-13)12-11(15)9-16-18(12)7-6-17(2)3/h9-10H,4-8H2,1-3H3. The lowest BCUT2D eigenvalue weighted by molar-refractivity contribution is 0.352. The monoisotopic (exact) mass is 377 g/mol. The van der Waals surface area contributed by atoms with Crippen molar-refractivity contribution in [3.8, 4) is 0 Å². The second kappa shape index (κ2) is 5.63. The van der Waals surface area contributed by atoms with Gasteiger partial charge in [-0.05, 0) is 49.3 Å². The van der Waals surface area contributed by atoms with Crippen LogP contribution in [-0.4, -0.2) is 40.1 Å². The Bertz CT molecular complexity index is 416. The minimum atomic E-state index is 0.246. The summed E-state index contributed by atoms with van der Waals surface area (Å²) >= 11 is 7.43. The molecule has 1 aromatic rings. The lowest BCUT2D eigenvalue weighted by atomic mass is 9.85. The fourth-order valence-electron chi connectivity index (χ4n) is 2.81. The third-order valence-electron chi connectivity index (χ3n) is 3.81. The van der Waals surface area contributed by atoms with Gasteiger partial charge in [-0.2, -0.15) is 5.10 Å². The summed E-state index contributed by atoms with van der Waals surface area (Å²) < 4.78 is 3.33. The Balaban J connectivity index is 2.23. The molecule has 18 heavy (non-hydrogen) atoms. The van der Waals surface area contributed by atoms with E-state index in [0.717, 1.165) is 17.6 Å². The first kappa shape index (κ1) is 14.5. The highest BCUT2D eigenvalue weighted by atomic mass is 79.9. The topological polar surface area (TPSA) is 21.1 Å². The first-order valence-electron chi connectivity index (χ1n) is 6.43. The van der Waals surface area contributed by atoms with E-state index in [1.807, 2.05) is 6.20 Å². The predicted molar refractivity (Wildman–Crippen MR) is 82.4 cm³/mol. The van der Waals surface area contributed by atoms with Gasteiger partial charge in [-0.3, -0.25) is 4.68 Å². The third kappa shape index (κ3) is 2.99. The van der Waals surface area contributed by atoms with Crippen molar-refractivity contribution >= 4 is 31.9 Å². The maximum Gasteiger partial charge on any atom is 0.0635 e. The highest BCUT2D eigenvalue weighted by Gasteiger charge is 2.39. The Morgan fingerprint density at radius 2 is 2.28 bits per heavy atom. The zero-order valence-electron chi connectivity index (χ0n) is 11.3. The van der Waals surface area contributed by atoms with E-state index in [0.29, 0.717) is 4.83 Å². The van der Waals surface area contributed by atoms with Crippen LogP contribution in [0, 0.1) is 0 Å². The number of likely N-dealkylation sites (N-methyl/N-ethyl adjacent to an activating group) is 1. The molecule has 2 unspecified atom stereocenters. The van der Waals surface area contributed by atoms with Gasteiger partial charge in [0.2, 0.25) is 0 Å². The Kier molecular flexibility index (Phi) is 4.55. The molecule has 0 spiro atoms. The average Bonchev–Trinajstić information content (AvgIpc) is 2.80.